The molecule has 3 aromatic rings. The van der Waals surface area contributed by atoms with E-state index in [4.69, 9.17) is 4.98 Å². The smallest absolute Gasteiger partial charge is 0.275 e. The molecule has 3 heterocycles. The Balaban J connectivity index is 1.38. The Morgan fingerprint density at radius 3 is 2.29 bits per heavy atom. The van der Waals surface area contributed by atoms with Gasteiger partial charge in [0.05, 0.1) is 6.04 Å². The molecule has 2 aliphatic rings. The molecule has 0 bridgehead atoms. The summed E-state index contributed by atoms with van der Waals surface area (Å²) in [6.07, 6.45) is 3.93. The van der Waals surface area contributed by atoms with Crippen LogP contribution in [0.2, 0.25) is 0 Å². The van der Waals surface area contributed by atoms with Gasteiger partial charge in [0.25, 0.3) is 5.91 Å². The van der Waals surface area contributed by atoms with Crippen LogP contribution in [0.5, 0.6) is 0 Å². The highest BCUT2D eigenvalue weighted by molar-refractivity contribution is 6.02. The van der Waals surface area contributed by atoms with Crippen molar-refractivity contribution in [1.29, 1.82) is 0 Å². The van der Waals surface area contributed by atoms with E-state index < -0.39 is 0 Å². The third-order valence-corrected chi connectivity index (χ3v) is 6.98. The van der Waals surface area contributed by atoms with E-state index in [-0.39, 0.29) is 17.9 Å². The molecule has 1 atom stereocenters. The van der Waals surface area contributed by atoms with Gasteiger partial charge in [0, 0.05) is 51.5 Å². The summed E-state index contributed by atoms with van der Waals surface area (Å²) in [6, 6.07) is 19.9. The van der Waals surface area contributed by atoms with E-state index in [1.54, 1.807) is 6.92 Å². The number of amides is 2. The number of fused-ring (bicyclic) bond motifs is 1. The summed E-state index contributed by atoms with van der Waals surface area (Å²) in [4.78, 5) is 33.9. The van der Waals surface area contributed by atoms with Crippen molar-refractivity contribution in [1.82, 2.24) is 19.4 Å². The largest absolute Gasteiger partial charge is 0.343 e. The van der Waals surface area contributed by atoms with Gasteiger partial charge < -0.3 is 14.8 Å². The van der Waals surface area contributed by atoms with Crippen LogP contribution in [0.3, 0.4) is 0 Å². The first-order chi connectivity index (χ1) is 16.6. The van der Waals surface area contributed by atoms with Crippen molar-refractivity contribution in [2.45, 2.75) is 32.4 Å². The van der Waals surface area contributed by atoms with Crippen LogP contribution in [0, 0.1) is 5.92 Å². The monoisotopic (exact) mass is 457 g/mol. The highest BCUT2D eigenvalue weighted by Gasteiger charge is 2.34. The lowest BCUT2D eigenvalue weighted by Crippen LogP contribution is -2.44. The first-order valence-electron chi connectivity index (χ1n) is 12.1. The number of likely N-dealkylation sites (tertiary alicyclic amines) is 1. The van der Waals surface area contributed by atoms with E-state index in [2.05, 4.69) is 39.0 Å². The van der Waals surface area contributed by atoms with Crippen LogP contribution in [0.15, 0.2) is 66.9 Å². The Kier molecular flexibility index (Phi) is 6.45. The number of hydrogen-bond acceptors (Lipinski definition) is 4. The molecule has 0 saturated carbocycles. The molecule has 0 aliphatic carbocycles. The molecule has 1 aromatic heterocycles. The number of piperidine rings is 1. The molecule has 1 unspecified atom stereocenters. The summed E-state index contributed by atoms with van der Waals surface area (Å²) in [7, 11) is 0. The van der Waals surface area contributed by atoms with Gasteiger partial charge in [-0.1, -0.05) is 48.5 Å². The maximum Gasteiger partial charge on any atom is 0.275 e. The SMILES string of the molecule is CC(=O)N1CCC(CN2CCn3cc(C(=O)Nc4ccccc4)nc3C2c2ccccc2)CC1. The summed E-state index contributed by atoms with van der Waals surface area (Å²) in [5.74, 6) is 1.44. The third kappa shape index (κ3) is 4.75. The first-order valence-corrected chi connectivity index (χ1v) is 12.1. The van der Waals surface area contributed by atoms with Crippen molar-refractivity contribution in [2.75, 3.05) is 31.5 Å². The predicted octanol–water partition coefficient (Wildman–Crippen LogP) is 3.80. The highest BCUT2D eigenvalue weighted by Crippen LogP contribution is 2.33. The van der Waals surface area contributed by atoms with E-state index >= 15 is 0 Å². The lowest BCUT2D eigenvalue weighted by atomic mass is 9.94. The molecule has 1 N–H and O–H groups in total. The van der Waals surface area contributed by atoms with Gasteiger partial charge in [-0.05, 0) is 36.5 Å². The summed E-state index contributed by atoms with van der Waals surface area (Å²) < 4.78 is 2.13. The Bertz CT molecular complexity index is 1140. The Morgan fingerprint density at radius 1 is 0.941 bits per heavy atom. The van der Waals surface area contributed by atoms with Crippen LogP contribution in [-0.4, -0.2) is 57.3 Å². The van der Waals surface area contributed by atoms with Crippen molar-refractivity contribution >= 4 is 17.5 Å². The molecular formula is C27H31N5O2. The Hall–Kier alpha value is -3.45. The van der Waals surface area contributed by atoms with E-state index in [0.29, 0.717) is 11.6 Å². The van der Waals surface area contributed by atoms with Crippen LogP contribution >= 0.6 is 0 Å². The van der Waals surface area contributed by atoms with E-state index in [1.807, 2.05) is 47.5 Å². The molecule has 0 spiro atoms. The van der Waals surface area contributed by atoms with Crippen molar-refractivity contribution in [3.05, 3.63) is 83.9 Å². The normalized spacial score (nSPS) is 19.0. The first kappa shape index (κ1) is 22.3. The number of hydrogen-bond donors (Lipinski definition) is 1. The molecule has 176 valence electrons. The van der Waals surface area contributed by atoms with Gasteiger partial charge in [-0.2, -0.15) is 0 Å². The van der Waals surface area contributed by atoms with Crippen LogP contribution < -0.4 is 5.32 Å². The van der Waals surface area contributed by atoms with E-state index in [0.717, 1.165) is 57.1 Å². The zero-order valence-corrected chi connectivity index (χ0v) is 19.6. The topological polar surface area (TPSA) is 70.5 Å². The number of nitrogens with one attached hydrogen (secondary N) is 1. The molecule has 1 saturated heterocycles. The second kappa shape index (κ2) is 9.81. The predicted molar refractivity (Wildman–Crippen MR) is 131 cm³/mol. The van der Waals surface area contributed by atoms with Crippen molar-refractivity contribution in [2.24, 2.45) is 5.92 Å². The number of rotatable bonds is 5. The van der Waals surface area contributed by atoms with E-state index in [1.165, 1.54) is 5.56 Å². The second-order valence-electron chi connectivity index (χ2n) is 9.26. The number of para-hydroxylation sites is 1. The molecule has 0 radical (unpaired) electrons. The number of imidazole rings is 1. The minimum absolute atomic E-state index is 0.000869. The maximum atomic E-state index is 12.9. The molecule has 34 heavy (non-hydrogen) atoms. The van der Waals surface area contributed by atoms with Gasteiger partial charge in [-0.15, -0.1) is 0 Å². The van der Waals surface area contributed by atoms with Gasteiger partial charge >= 0.3 is 0 Å². The fourth-order valence-electron chi connectivity index (χ4n) is 5.14. The standard InChI is InChI=1S/C27H31N5O2/c1-20(33)30-14-12-21(13-15-30)18-31-16-17-32-19-24(27(34)28-23-10-6-3-7-11-23)29-26(32)25(31)22-8-4-2-5-9-22/h2-11,19,21,25H,12-18H2,1H3,(H,28,34). The molecular weight excluding hydrogens is 426 g/mol. The van der Waals surface area contributed by atoms with Gasteiger partial charge in [0.15, 0.2) is 0 Å². The zero-order chi connectivity index (χ0) is 23.5. The number of carbonyl (C=O) groups excluding carboxylic acids is 2. The van der Waals surface area contributed by atoms with Gasteiger partial charge in [0.2, 0.25) is 5.91 Å². The van der Waals surface area contributed by atoms with Crippen LogP contribution in [0.25, 0.3) is 0 Å². The van der Waals surface area contributed by atoms with Crippen LogP contribution in [0.4, 0.5) is 5.69 Å². The number of carbonyl (C=O) groups is 2. The molecule has 7 heteroatoms. The van der Waals surface area contributed by atoms with Crippen molar-refractivity contribution in [3.8, 4) is 0 Å². The maximum absolute atomic E-state index is 12.9. The summed E-state index contributed by atoms with van der Waals surface area (Å²) >= 11 is 0. The minimum atomic E-state index is -0.192. The lowest BCUT2D eigenvalue weighted by molar-refractivity contribution is -0.130. The molecule has 1 fully saturated rings. The fraction of sp³-hybridized carbons (Fsp3) is 0.370. The summed E-state index contributed by atoms with van der Waals surface area (Å²) in [6.45, 7) is 5.99. The number of benzene rings is 2. The molecule has 2 aliphatic heterocycles. The average Bonchev–Trinajstić information content (AvgIpc) is 3.30. The van der Waals surface area contributed by atoms with Crippen molar-refractivity contribution < 1.29 is 9.59 Å². The second-order valence-corrected chi connectivity index (χ2v) is 9.26. The van der Waals surface area contributed by atoms with Gasteiger partial charge in [-0.3, -0.25) is 14.5 Å². The molecule has 7 nitrogen and oxygen atoms in total. The Morgan fingerprint density at radius 2 is 1.62 bits per heavy atom. The number of anilines is 1. The van der Waals surface area contributed by atoms with E-state index in [9.17, 15) is 9.59 Å². The third-order valence-electron chi connectivity index (χ3n) is 6.98. The van der Waals surface area contributed by atoms with Crippen LogP contribution in [0.1, 0.15) is 47.7 Å². The molecule has 2 amide bonds. The fourth-order valence-corrected chi connectivity index (χ4v) is 5.14. The zero-order valence-electron chi connectivity index (χ0n) is 19.6. The summed E-state index contributed by atoms with van der Waals surface area (Å²) in [5.41, 5.74) is 2.39. The highest BCUT2D eigenvalue weighted by atomic mass is 16.2. The van der Waals surface area contributed by atoms with Crippen LogP contribution in [-0.2, 0) is 11.3 Å². The number of nitrogens with zero attached hydrogens (tertiary/aromatic N) is 4. The van der Waals surface area contributed by atoms with Gasteiger partial charge in [0.1, 0.15) is 11.5 Å². The van der Waals surface area contributed by atoms with Gasteiger partial charge in [-0.25, -0.2) is 4.98 Å². The molecule has 5 rings (SSSR count). The quantitative estimate of drug-likeness (QED) is 0.633. The van der Waals surface area contributed by atoms with Crippen molar-refractivity contribution in [3.63, 3.8) is 0 Å². The average molecular weight is 458 g/mol. The minimum Gasteiger partial charge on any atom is -0.343 e. The summed E-state index contributed by atoms with van der Waals surface area (Å²) in [5, 5.41) is 2.95. The number of aromatic nitrogens is 2. The Labute approximate surface area is 200 Å². The lowest BCUT2D eigenvalue weighted by Gasteiger charge is -2.40. The molecule has 2 aromatic carbocycles.